The standard InChI is InChI=1S/C26H25N3O/c1-29(2)18-25(20-13-7-4-8-14-20)28-26(30)22-17-24(19-11-5-3-6-12-19)27-23-16-10-9-15-21(22)23/h3-17,25H,18H2,1-2H3,(H,28,30)/t25-/m0/s1. The van der Waals surface area contributed by atoms with Crippen LogP contribution in [0.1, 0.15) is 22.0 Å². The minimum Gasteiger partial charge on any atom is -0.344 e. The molecule has 0 unspecified atom stereocenters. The number of para-hydroxylation sites is 1. The monoisotopic (exact) mass is 395 g/mol. The molecule has 0 spiro atoms. The molecule has 3 aromatic carbocycles. The number of carbonyl (C=O) groups is 1. The molecule has 1 amide bonds. The number of rotatable bonds is 6. The van der Waals surface area contributed by atoms with Gasteiger partial charge in [0.25, 0.3) is 5.91 Å². The zero-order valence-electron chi connectivity index (χ0n) is 17.2. The van der Waals surface area contributed by atoms with Gasteiger partial charge in [0.15, 0.2) is 0 Å². The molecule has 1 heterocycles. The molecule has 0 saturated heterocycles. The van der Waals surface area contributed by atoms with Gasteiger partial charge in [-0.1, -0.05) is 78.9 Å². The maximum Gasteiger partial charge on any atom is 0.252 e. The molecule has 4 rings (SSSR count). The minimum absolute atomic E-state index is 0.0958. The zero-order valence-corrected chi connectivity index (χ0v) is 17.2. The summed E-state index contributed by atoms with van der Waals surface area (Å²) in [7, 11) is 4.02. The first kappa shape index (κ1) is 19.8. The summed E-state index contributed by atoms with van der Waals surface area (Å²) in [5, 5.41) is 4.10. The van der Waals surface area contributed by atoms with Gasteiger partial charge in [-0.25, -0.2) is 4.98 Å². The van der Waals surface area contributed by atoms with Crippen molar-refractivity contribution in [3.05, 3.63) is 102 Å². The highest BCUT2D eigenvalue weighted by atomic mass is 16.1. The first-order chi connectivity index (χ1) is 14.6. The molecular weight excluding hydrogens is 370 g/mol. The van der Waals surface area contributed by atoms with Crippen molar-refractivity contribution in [3.8, 4) is 11.3 Å². The van der Waals surface area contributed by atoms with Gasteiger partial charge in [-0.2, -0.15) is 0 Å². The lowest BCUT2D eigenvalue weighted by molar-refractivity contribution is 0.0931. The van der Waals surface area contributed by atoms with Crippen LogP contribution in [0.3, 0.4) is 0 Å². The molecule has 0 saturated carbocycles. The fourth-order valence-corrected chi connectivity index (χ4v) is 3.64. The van der Waals surface area contributed by atoms with Gasteiger partial charge in [-0.15, -0.1) is 0 Å². The summed E-state index contributed by atoms with van der Waals surface area (Å²) in [6.07, 6.45) is 0. The largest absolute Gasteiger partial charge is 0.344 e. The minimum atomic E-state index is -0.110. The van der Waals surface area contributed by atoms with Crippen LogP contribution in [-0.2, 0) is 0 Å². The Morgan fingerprint density at radius 3 is 2.23 bits per heavy atom. The molecule has 0 aliphatic heterocycles. The van der Waals surface area contributed by atoms with E-state index in [0.29, 0.717) is 12.1 Å². The van der Waals surface area contributed by atoms with E-state index in [9.17, 15) is 4.79 Å². The predicted octanol–water partition coefficient (Wildman–Crippen LogP) is 4.93. The highest BCUT2D eigenvalue weighted by molar-refractivity contribution is 6.07. The van der Waals surface area contributed by atoms with Crippen molar-refractivity contribution < 1.29 is 4.79 Å². The molecule has 1 N–H and O–H groups in total. The van der Waals surface area contributed by atoms with Gasteiger partial charge in [0.05, 0.1) is 22.8 Å². The average Bonchev–Trinajstić information content (AvgIpc) is 2.78. The number of hydrogen-bond acceptors (Lipinski definition) is 3. The van der Waals surface area contributed by atoms with E-state index in [4.69, 9.17) is 4.98 Å². The van der Waals surface area contributed by atoms with Crippen molar-refractivity contribution in [1.82, 2.24) is 15.2 Å². The van der Waals surface area contributed by atoms with Crippen LogP contribution in [0.25, 0.3) is 22.2 Å². The third-order valence-electron chi connectivity index (χ3n) is 5.09. The van der Waals surface area contributed by atoms with Crippen LogP contribution in [0.4, 0.5) is 0 Å². The van der Waals surface area contributed by atoms with E-state index in [-0.39, 0.29) is 11.9 Å². The Labute approximate surface area is 177 Å². The molecule has 1 aromatic heterocycles. The Balaban J connectivity index is 1.74. The van der Waals surface area contributed by atoms with Gasteiger partial charge < -0.3 is 10.2 Å². The van der Waals surface area contributed by atoms with Crippen molar-refractivity contribution in [2.24, 2.45) is 0 Å². The van der Waals surface area contributed by atoms with Crippen LogP contribution >= 0.6 is 0 Å². The molecule has 150 valence electrons. The van der Waals surface area contributed by atoms with Crippen molar-refractivity contribution in [2.45, 2.75) is 6.04 Å². The lowest BCUT2D eigenvalue weighted by Gasteiger charge is -2.23. The van der Waals surface area contributed by atoms with Crippen LogP contribution in [0.5, 0.6) is 0 Å². The molecule has 0 aliphatic rings. The lowest BCUT2D eigenvalue weighted by atomic mass is 10.0. The number of benzene rings is 3. The second-order valence-corrected chi connectivity index (χ2v) is 7.64. The highest BCUT2D eigenvalue weighted by Crippen LogP contribution is 2.25. The quantitative estimate of drug-likeness (QED) is 0.503. The molecule has 0 radical (unpaired) electrons. The number of nitrogens with zero attached hydrogens (tertiary/aromatic N) is 2. The summed E-state index contributed by atoms with van der Waals surface area (Å²) in [6, 6.07) is 29.6. The molecule has 1 atom stereocenters. The second kappa shape index (κ2) is 8.89. The maximum atomic E-state index is 13.5. The smallest absolute Gasteiger partial charge is 0.252 e. The van der Waals surface area contributed by atoms with E-state index in [1.54, 1.807) is 0 Å². The SMILES string of the molecule is CN(C)C[C@H](NC(=O)c1cc(-c2ccccc2)nc2ccccc12)c1ccccc1. The third-order valence-corrected chi connectivity index (χ3v) is 5.09. The van der Waals surface area contributed by atoms with Crippen LogP contribution in [0.15, 0.2) is 91.0 Å². The number of likely N-dealkylation sites (N-methyl/N-ethyl adjacent to an activating group) is 1. The topological polar surface area (TPSA) is 45.2 Å². The molecule has 30 heavy (non-hydrogen) atoms. The van der Waals surface area contributed by atoms with Gasteiger partial charge in [0.2, 0.25) is 0 Å². The first-order valence-electron chi connectivity index (χ1n) is 10.1. The predicted molar refractivity (Wildman–Crippen MR) is 122 cm³/mol. The molecule has 4 nitrogen and oxygen atoms in total. The van der Waals surface area contributed by atoms with Crippen LogP contribution < -0.4 is 5.32 Å². The summed E-state index contributed by atoms with van der Waals surface area (Å²) in [4.78, 5) is 20.3. The molecule has 0 bridgehead atoms. The van der Waals surface area contributed by atoms with Gasteiger partial charge in [0, 0.05) is 17.5 Å². The number of pyridine rings is 1. The average molecular weight is 396 g/mol. The van der Waals surface area contributed by atoms with Gasteiger partial charge in [0.1, 0.15) is 0 Å². The van der Waals surface area contributed by atoms with Gasteiger partial charge in [-0.3, -0.25) is 4.79 Å². The van der Waals surface area contributed by atoms with E-state index in [2.05, 4.69) is 22.3 Å². The molecular formula is C26H25N3O. The number of amides is 1. The fraction of sp³-hybridized carbons (Fsp3) is 0.154. The van der Waals surface area contributed by atoms with Crippen LogP contribution in [0, 0.1) is 0 Å². The summed E-state index contributed by atoms with van der Waals surface area (Å²) in [6.45, 7) is 0.713. The van der Waals surface area contributed by atoms with E-state index in [1.165, 1.54) is 0 Å². The van der Waals surface area contributed by atoms with Gasteiger partial charge in [-0.05, 0) is 31.8 Å². The summed E-state index contributed by atoms with van der Waals surface area (Å²) in [5.41, 5.74) is 4.32. The Kier molecular flexibility index (Phi) is 5.87. The Morgan fingerprint density at radius 2 is 1.53 bits per heavy atom. The number of aromatic nitrogens is 1. The highest BCUT2D eigenvalue weighted by Gasteiger charge is 2.19. The number of fused-ring (bicyclic) bond motifs is 1. The lowest BCUT2D eigenvalue weighted by Crippen LogP contribution is -2.35. The van der Waals surface area contributed by atoms with E-state index < -0.39 is 0 Å². The van der Waals surface area contributed by atoms with Crippen LogP contribution in [-0.4, -0.2) is 36.4 Å². The molecule has 4 aromatic rings. The zero-order chi connectivity index (χ0) is 20.9. The summed E-state index contributed by atoms with van der Waals surface area (Å²) >= 11 is 0. The Bertz CT molecular complexity index is 1140. The maximum absolute atomic E-state index is 13.5. The van der Waals surface area contributed by atoms with Crippen LogP contribution in [0.2, 0.25) is 0 Å². The van der Waals surface area contributed by atoms with Gasteiger partial charge >= 0.3 is 0 Å². The van der Waals surface area contributed by atoms with E-state index in [1.807, 2.05) is 93.0 Å². The van der Waals surface area contributed by atoms with Crippen molar-refractivity contribution in [1.29, 1.82) is 0 Å². The summed E-state index contributed by atoms with van der Waals surface area (Å²) in [5.74, 6) is -0.0958. The van der Waals surface area contributed by atoms with E-state index in [0.717, 1.165) is 27.7 Å². The van der Waals surface area contributed by atoms with Crippen molar-refractivity contribution in [3.63, 3.8) is 0 Å². The number of carbonyl (C=O) groups excluding carboxylic acids is 1. The number of nitrogens with one attached hydrogen (secondary N) is 1. The normalized spacial score (nSPS) is 12.1. The van der Waals surface area contributed by atoms with Crippen molar-refractivity contribution >= 4 is 16.8 Å². The molecule has 0 aliphatic carbocycles. The third kappa shape index (κ3) is 4.39. The number of hydrogen-bond donors (Lipinski definition) is 1. The first-order valence-corrected chi connectivity index (χ1v) is 10.1. The fourth-order valence-electron chi connectivity index (χ4n) is 3.64. The van der Waals surface area contributed by atoms with Crippen molar-refractivity contribution in [2.75, 3.05) is 20.6 Å². The Morgan fingerprint density at radius 1 is 0.900 bits per heavy atom. The van der Waals surface area contributed by atoms with E-state index >= 15 is 0 Å². The molecule has 4 heteroatoms. The summed E-state index contributed by atoms with van der Waals surface area (Å²) < 4.78 is 0. The second-order valence-electron chi connectivity index (χ2n) is 7.64. The molecule has 0 fully saturated rings. The Hall–Kier alpha value is -3.50.